The van der Waals surface area contributed by atoms with E-state index in [-0.39, 0.29) is 5.91 Å². The largest absolute Gasteiger partial charge is 0.345 e. The van der Waals surface area contributed by atoms with Gasteiger partial charge in [-0.1, -0.05) is 44.2 Å². The van der Waals surface area contributed by atoms with E-state index in [1.165, 1.54) is 0 Å². The first kappa shape index (κ1) is 16.4. The second-order valence-electron chi connectivity index (χ2n) is 5.51. The number of carbonyl (C=O) groups excluding carboxylic acids is 2. The lowest BCUT2D eigenvalue weighted by Gasteiger charge is -2.18. The molecule has 0 fully saturated rings. The molecule has 1 aromatic rings. The molecule has 0 spiro atoms. The lowest BCUT2D eigenvalue weighted by atomic mass is 10.0. The fraction of sp³-hybridized carbons (Fsp3) is 0.500. The van der Waals surface area contributed by atoms with Crippen LogP contribution >= 0.6 is 0 Å². The summed E-state index contributed by atoms with van der Waals surface area (Å²) in [6, 6.07) is 8.89. The molecule has 0 aromatic heterocycles. The second kappa shape index (κ2) is 8.48. The maximum atomic E-state index is 11.9. The van der Waals surface area contributed by atoms with E-state index in [0.717, 1.165) is 18.3 Å². The molecule has 1 aromatic carbocycles. The molecule has 0 unspecified atom stereocenters. The molecule has 1 amide bonds. The molecule has 4 heteroatoms. The van der Waals surface area contributed by atoms with Gasteiger partial charge in [0.1, 0.15) is 6.29 Å². The highest BCUT2D eigenvalue weighted by atomic mass is 16.2. The Kier molecular flexibility index (Phi) is 6.94. The molecular weight excluding hydrogens is 252 g/mol. The fourth-order valence-corrected chi connectivity index (χ4v) is 2.04. The normalized spacial score (nSPS) is 13.8. The van der Waals surface area contributed by atoms with Gasteiger partial charge in [0.25, 0.3) is 0 Å². The van der Waals surface area contributed by atoms with E-state index >= 15 is 0 Å². The number of benzene rings is 1. The summed E-state index contributed by atoms with van der Waals surface area (Å²) < 4.78 is 0. The zero-order valence-electron chi connectivity index (χ0n) is 12.2. The SMILES string of the molecule is CC(C)C[C@@H](C=O)NC(=O)[C@@H](N)CCc1ccccc1. The van der Waals surface area contributed by atoms with Crippen molar-refractivity contribution in [2.45, 2.75) is 45.2 Å². The predicted octanol–water partition coefficient (Wildman–Crippen LogP) is 1.68. The topological polar surface area (TPSA) is 72.2 Å². The van der Waals surface area contributed by atoms with Gasteiger partial charge in [-0.05, 0) is 30.7 Å². The molecule has 0 heterocycles. The predicted molar refractivity (Wildman–Crippen MR) is 80.2 cm³/mol. The van der Waals surface area contributed by atoms with E-state index in [2.05, 4.69) is 5.32 Å². The average molecular weight is 276 g/mol. The number of nitrogens with one attached hydrogen (secondary N) is 1. The Morgan fingerprint density at radius 1 is 1.30 bits per heavy atom. The smallest absolute Gasteiger partial charge is 0.237 e. The van der Waals surface area contributed by atoms with Crippen LogP contribution in [0.5, 0.6) is 0 Å². The third kappa shape index (κ3) is 5.97. The van der Waals surface area contributed by atoms with Crippen molar-refractivity contribution in [2.24, 2.45) is 11.7 Å². The summed E-state index contributed by atoms with van der Waals surface area (Å²) >= 11 is 0. The van der Waals surface area contributed by atoms with Gasteiger partial charge in [0.15, 0.2) is 0 Å². The zero-order chi connectivity index (χ0) is 15.0. The summed E-state index contributed by atoms with van der Waals surface area (Å²) in [5, 5.41) is 2.70. The number of amides is 1. The summed E-state index contributed by atoms with van der Waals surface area (Å²) in [7, 11) is 0. The van der Waals surface area contributed by atoms with E-state index in [9.17, 15) is 9.59 Å². The van der Waals surface area contributed by atoms with Gasteiger partial charge >= 0.3 is 0 Å². The van der Waals surface area contributed by atoms with Gasteiger partial charge in [0.2, 0.25) is 5.91 Å². The third-order valence-corrected chi connectivity index (χ3v) is 3.14. The lowest BCUT2D eigenvalue weighted by Crippen LogP contribution is -2.46. The quantitative estimate of drug-likeness (QED) is 0.710. The standard InChI is InChI=1S/C16H24N2O2/c1-12(2)10-14(11-19)18-16(20)15(17)9-8-13-6-4-3-5-7-13/h3-7,11-12,14-15H,8-10,17H2,1-2H3,(H,18,20)/t14-,15-/m0/s1. The van der Waals surface area contributed by atoms with E-state index in [1.54, 1.807) is 0 Å². The Bertz CT molecular complexity index is 418. The highest BCUT2D eigenvalue weighted by Gasteiger charge is 2.18. The third-order valence-electron chi connectivity index (χ3n) is 3.14. The van der Waals surface area contributed by atoms with E-state index < -0.39 is 12.1 Å². The molecule has 0 saturated carbocycles. The minimum absolute atomic E-state index is 0.251. The minimum Gasteiger partial charge on any atom is -0.345 e. The number of nitrogens with two attached hydrogens (primary N) is 1. The van der Waals surface area contributed by atoms with Crippen LogP contribution in [-0.2, 0) is 16.0 Å². The number of hydrogen-bond donors (Lipinski definition) is 2. The van der Waals surface area contributed by atoms with E-state index in [0.29, 0.717) is 18.8 Å². The number of aldehydes is 1. The van der Waals surface area contributed by atoms with Crippen molar-refractivity contribution in [3.63, 3.8) is 0 Å². The number of rotatable bonds is 8. The van der Waals surface area contributed by atoms with Gasteiger partial charge in [-0.25, -0.2) is 0 Å². The van der Waals surface area contributed by atoms with Gasteiger partial charge in [-0.2, -0.15) is 0 Å². The van der Waals surface area contributed by atoms with Crippen molar-refractivity contribution in [1.82, 2.24) is 5.32 Å². The molecule has 0 aliphatic rings. The summed E-state index contributed by atoms with van der Waals surface area (Å²) in [6.07, 6.45) is 2.75. The van der Waals surface area contributed by atoms with Gasteiger partial charge in [0.05, 0.1) is 12.1 Å². The van der Waals surface area contributed by atoms with Crippen LogP contribution in [0.15, 0.2) is 30.3 Å². The van der Waals surface area contributed by atoms with Crippen LogP contribution < -0.4 is 11.1 Å². The highest BCUT2D eigenvalue weighted by Crippen LogP contribution is 2.06. The summed E-state index contributed by atoms with van der Waals surface area (Å²) in [5.41, 5.74) is 7.03. The zero-order valence-corrected chi connectivity index (χ0v) is 12.2. The van der Waals surface area contributed by atoms with Gasteiger partial charge in [-0.3, -0.25) is 4.79 Å². The molecule has 20 heavy (non-hydrogen) atoms. The van der Waals surface area contributed by atoms with Crippen LogP contribution in [0.1, 0.15) is 32.3 Å². The average Bonchev–Trinajstić information content (AvgIpc) is 2.44. The minimum atomic E-state index is -0.579. The molecule has 0 aliphatic heterocycles. The summed E-state index contributed by atoms with van der Waals surface area (Å²) in [5.74, 6) is 0.102. The Hall–Kier alpha value is -1.68. The molecule has 0 saturated heterocycles. The highest BCUT2D eigenvalue weighted by molar-refractivity contribution is 5.84. The monoisotopic (exact) mass is 276 g/mol. The van der Waals surface area contributed by atoms with E-state index in [1.807, 2.05) is 44.2 Å². The molecule has 0 radical (unpaired) electrons. The molecule has 2 atom stereocenters. The molecular formula is C16H24N2O2. The van der Waals surface area contributed by atoms with Crippen LogP contribution in [0, 0.1) is 5.92 Å². The lowest BCUT2D eigenvalue weighted by molar-refractivity contribution is -0.125. The fourth-order valence-electron chi connectivity index (χ4n) is 2.04. The molecule has 110 valence electrons. The van der Waals surface area contributed by atoms with Crippen LogP contribution in [0.2, 0.25) is 0 Å². The molecule has 1 rings (SSSR count). The van der Waals surface area contributed by atoms with E-state index in [4.69, 9.17) is 5.73 Å². The van der Waals surface area contributed by atoms with Gasteiger partial charge in [-0.15, -0.1) is 0 Å². The Labute approximate surface area is 120 Å². The van der Waals surface area contributed by atoms with Crippen LogP contribution in [0.25, 0.3) is 0 Å². The van der Waals surface area contributed by atoms with Crippen molar-refractivity contribution >= 4 is 12.2 Å². The first-order chi connectivity index (χ1) is 9.52. The van der Waals surface area contributed by atoms with Crippen molar-refractivity contribution in [2.75, 3.05) is 0 Å². The van der Waals surface area contributed by atoms with Crippen molar-refractivity contribution in [3.8, 4) is 0 Å². The summed E-state index contributed by atoms with van der Waals surface area (Å²) in [6.45, 7) is 4.02. The second-order valence-corrected chi connectivity index (χ2v) is 5.51. The van der Waals surface area contributed by atoms with Gasteiger partial charge < -0.3 is 15.8 Å². The van der Waals surface area contributed by atoms with Gasteiger partial charge in [0, 0.05) is 0 Å². The number of carbonyl (C=O) groups is 2. The molecule has 0 aliphatic carbocycles. The number of aryl methyl sites for hydroxylation is 1. The van der Waals surface area contributed by atoms with Crippen LogP contribution in [-0.4, -0.2) is 24.3 Å². The first-order valence-corrected chi connectivity index (χ1v) is 7.08. The Morgan fingerprint density at radius 2 is 1.95 bits per heavy atom. The summed E-state index contributed by atoms with van der Waals surface area (Å²) in [4.78, 5) is 22.8. The Morgan fingerprint density at radius 3 is 2.50 bits per heavy atom. The van der Waals surface area contributed by atoms with Crippen molar-refractivity contribution in [1.29, 1.82) is 0 Å². The van der Waals surface area contributed by atoms with Crippen molar-refractivity contribution < 1.29 is 9.59 Å². The first-order valence-electron chi connectivity index (χ1n) is 7.08. The maximum absolute atomic E-state index is 11.9. The number of hydrogen-bond acceptors (Lipinski definition) is 3. The van der Waals surface area contributed by atoms with Crippen LogP contribution in [0.4, 0.5) is 0 Å². The molecule has 3 N–H and O–H groups in total. The van der Waals surface area contributed by atoms with Crippen molar-refractivity contribution in [3.05, 3.63) is 35.9 Å². The Balaban J connectivity index is 2.40. The maximum Gasteiger partial charge on any atom is 0.237 e. The molecule has 0 bridgehead atoms. The van der Waals surface area contributed by atoms with Crippen LogP contribution in [0.3, 0.4) is 0 Å². The molecule has 4 nitrogen and oxygen atoms in total.